The van der Waals surface area contributed by atoms with E-state index in [-0.39, 0.29) is 4.90 Å². The zero-order valence-electron chi connectivity index (χ0n) is 11.1. The van der Waals surface area contributed by atoms with Crippen molar-refractivity contribution in [2.45, 2.75) is 30.2 Å². The Morgan fingerprint density at radius 1 is 1.43 bits per heavy atom. The van der Waals surface area contributed by atoms with Crippen molar-refractivity contribution in [1.82, 2.24) is 14.7 Å². The average Bonchev–Trinajstić information content (AvgIpc) is 3.04. The smallest absolute Gasteiger partial charge is 0.308 e. The molecule has 2 aromatic heterocycles. The number of aliphatic carboxylic acids is 1. The number of carbonyl (C=O) groups is 1. The molecule has 1 fully saturated rings. The largest absolute Gasteiger partial charge is 0.481 e. The number of nitrogens with zero attached hydrogens (tertiary/aromatic N) is 1. The highest BCUT2D eigenvalue weighted by Crippen LogP contribution is 2.28. The van der Waals surface area contributed by atoms with E-state index in [1.165, 1.54) is 6.20 Å². The van der Waals surface area contributed by atoms with Crippen molar-refractivity contribution in [3.8, 4) is 0 Å². The van der Waals surface area contributed by atoms with Gasteiger partial charge in [0.2, 0.25) is 10.0 Å². The number of sulfonamides is 1. The molecule has 2 atom stereocenters. The maximum atomic E-state index is 12.5. The summed E-state index contributed by atoms with van der Waals surface area (Å²) in [6.07, 6.45) is 4.69. The summed E-state index contributed by atoms with van der Waals surface area (Å²) in [5, 5.41) is 9.63. The molecule has 0 amide bonds. The van der Waals surface area contributed by atoms with E-state index >= 15 is 0 Å². The van der Waals surface area contributed by atoms with Crippen LogP contribution in [0.5, 0.6) is 0 Å². The predicted molar refractivity (Wildman–Crippen MR) is 75.2 cm³/mol. The van der Waals surface area contributed by atoms with Gasteiger partial charge in [0.1, 0.15) is 10.5 Å². The van der Waals surface area contributed by atoms with Gasteiger partial charge in [-0.1, -0.05) is 6.42 Å². The average molecular weight is 309 g/mol. The number of hydrogen-bond acceptors (Lipinski definition) is 4. The van der Waals surface area contributed by atoms with Crippen molar-refractivity contribution in [2.75, 3.05) is 0 Å². The summed E-state index contributed by atoms with van der Waals surface area (Å²) in [6, 6.07) is 2.76. The van der Waals surface area contributed by atoms with Gasteiger partial charge in [0.05, 0.1) is 5.92 Å². The molecule has 0 bridgehead atoms. The highest BCUT2D eigenvalue weighted by Gasteiger charge is 2.36. The van der Waals surface area contributed by atoms with E-state index in [9.17, 15) is 13.2 Å². The molecular formula is C13H15N3O4S. The lowest BCUT2D eigenvalue weighted by Gasteiger charge is -2.17. The van der Waals surface area contributed by atoms with Crippen LogP contribution >= 0.6 is 0 Å². The van der Waals surface area contributed by atoms with Crippen LogP contribution in [-0.4, -0.2) is 35.5 Å². The van der Waals surface area contributed by atoms with Crippen LogP contribution in [0.2, 0.25) is 0 Å². The van der Waals surface area contributed by atoms with Gasteiger partial charge in [-0.15, -0.1) is 0 Å². The number of rotatable bonds is 4. The molecular weight excluding hydrogens is 294 g/mol. The van der Waals surface area contributed by atoms with Gasteiger partial charge >= 0.3 is 5.97 Å². The van der Waals surface area contributed by atoms with Crippen LogP contribution in [0.3, 0.4) is 0 Å². The second-order valence-corrected chi connectivity index (χ2v) is 6.84. The molecule has 1 aliphatic carbocycles. The third kappa shape index (κ3) is 2.52. The third-order valence-corrected chi connectivity index (χ3v) is 5.37. The van der Waals surface area contributed by atoms with Crippen LogP contribution in [0.1, 0.15) is 19.3 Å². The first kappa shape index (κ1) is 14.0. The van der Waals surface area contributed by atoms with Gasteiger partial charge in [0.15, 0.2) is 0 Å². The highest BCUT2D eigenvalue weighted by molar-refractivity contribution is 7.89. The number of nitrogens with one attached hydrogen (secondary N) is 2. The van der Waals surface area contributed by atoms with Crippen molar-refractivity contribution in [2.24, 2.45) is 5.92 Å². The Balaban J connectivity index is 1.92. The molecule has 8 heteroatoms. The molecule has 2 heterocycles. The fourth-order valence-corrected chi connectivity index (χ4v) is 4.29. The van der Waals surface area contributed by atoms with Crippen LogP contribution in [0, 0.1) is 5.92 Å². The number of pyridine rings is 1. The molecule has 0 aliphatic heterocycles. The minimum atomic E-state index is -3.78. The number of fused-ring (bicyclic) bond motifs is 1. The third-order valence-electron chi connectivity index (χ3n) is 3.84. The fourth-order valence-electron chi connectivity index (χ4n) is 2.81. The molecule has 0 radical (unpaired) electrons. The van der Waals surface area contributed by atoms with Gasteiger partial charge in [0.25, 0.3) is 0 Å². The first-order valence-corrected chi connectivity index (χ1v) is 8.14. The molecule has 0 spiro atoms. The zero-order valence-corrected chi connectivity index (χ0v) is 11.9. The van der Waals surface area contributed by atoms with Crippen LogP contribution in [-0.2, 0) is 14.8 Å². The standard InChI is InChI=1S/C13H15N3O4S/c17-13(18)8-3-1-5-10(8)16-21(19,20)11-7-15-12-9(11)4-2-6-14-12/h2,4,6-8,10,16H,1,3,5H2,(H,14,15)(H,17,18). The monoisotopic (exact) mass is 309 g/mol. The molecule has 3 rings (SSSR count). The number of carboxylic acid groups (broad SMARTS) is 1. The Morgan fingerprint density at radius 2 is 2.24 bits per heavy atom. The van der Waals surface area contributed by atoms with Gasteiger partial charge in [-0.05, 0) is 25.0 Å². The molecule has 1 saturated carbocycles. The maximum absolute atomic E-state index is 12.5. The summed E-state index contributed by atoms with van der Waals surface area (Å²) in [5.41, 5.74) is 0.485. The summed E-state index contributed by atoms with van der Waals surface area (Å²) in [6.45, 7) is 0. The van der Waals surface area contributed by atoms with E-state index in [0.717, 1.165) is 0 Å². The maximum Gasteiger partial charge on any atom is 0.308 e. The van der Waals surface area contributed by atoms with Gasteiger partial charge in [0, 0.05) is 23.8 Å². The van der Waals surface area contributed by atoms with Gasteiger partial charge in [-0.3, -0.25) is 4.79 Å². The van der Waals surface area contributed by atoms with Crippen molar-refractivity contribution in [3.63, 3.8) is 0 Å². The second-order valence-electron chi connectivity index (χ2n) is 5.16. The Morgan fingerprint density at radius 3 is 3.00 bits per heavy atom. The van der Waals surface area contributed by atoms with Crippen LogP contribution in [0.4, 0.5) is 0 Å². The number of aromatic amines is 1. The number of H-pyrrole nitrogens is 1. The van der Waals surface area contributed by atoms with E-state index in [2.05, 4.69) is 14.7 Å². The summed E-state index contributed by atoms with van der Waals surface area (Å²) in [7, 11) is -3.78. The fraction of sp³-hybridized carbons (Fsp3) is 0.385. The van der Waals surface area contributed by atoms with Crippen molar-refractivity contribution in [3.05, 3.63) is 24.5 Å². The summed E-state index contributed by atoms with van der Waals surface area (Å²) in [5.74, 6) is -1.62. The molecule has 0 aromatic carbocycles. The van der Waals surface area contributed by atoms with E-state index in [1.807, 2.05) is 0 Å². The van der Waals surface area contributed by atoms with Gasteiger partial charge in [-0.25, -0.2) is 18.1 Å². The van der Waals surface area contributed by atoms with E-state index in [1.54, 1.807) is 18.3 Å². The normalized spacial score (nSPS) is 22.7. The SMILES string of the molecule is O=C(O)C1CCCC1NS(=O)(=O)c1c[nH]c2ncccc12. The first-order valence-electron chi connectivity index (χ1n) is 6.66. The molecule has 0 saturated heterocycles. The number of hydrogen-bond donors (Lipinski definition) is 3. The van der Waals surface area contributed by atoms with E-state index in [0.29, 0.717) is 30.3 Å². The molecule has 3 N–H and O–H groups in total. The van der Waals surface area contributed by atoms with Crippen molar-refractivity contribution >= 4 is 27.0 Å². The van der Waals surface area contributed by atoms with Crippen molar-refractivity contribution < 1.29 is 18.3 Å². The van der Waals surface area contributed by atoms with Crippen LogP contribution in [0.15, 0.2) is 29.4 Å². The Bertz CT molecular complexity index is 784. The lowest BCUT2D eigenvalue weighted by molar-refractivity contribution is -0.141. The quantitative estimate of drug-likeness (QED) is 0.782. The van der Waals surface area contributed by atoms with Crippen molar-refractivity contribution in [1.29, 1.82) is 0 Å². The lowest BCUT2D eigenvalue weighted by atomic mass is 10.1. The molecule has 21 heavy (non-hydrogen) atoms. The van der Waals surface area contributed by atoms with Crippen LogP contribution in [0.25, 0.3) is 11.0 Å². The number of carboxylic acids is 1. The molecule has 1 aliphatic rings. The van der Waals surface area contributed by atoms with Crippen LogP contribution < -0.4 is 4.72 Å². The number of aromatic nitrogens is 2. The topological polar surface area (TPSA) is 112 Å². The van der Waals surface area contributed by atoms with Gasteiger partial charge in [-0.2, -0.15) is 0 Å². The summed E-state index contributed by atoms with van der Waals surface area (Å²) in [4.78, 5) is 18.1. The predicted octanol–water partition coefficient (Wildman–Crippen LogP) is 1.09. The minimum absolute atomic E-state index is 0.0987. The first-order chi connectivity index (χ1) is 9.99. The van der Waals surface area contributed by atoms with E-state index < -0.39 is 28.0 Å². The summed E-state index contributed by atoms with van der Waals surface area (Å²) >= 11 is 0. The summed E-state index contributed by atoms with van der Waals surface area (Å²) < 4.78 is 27.5. The molecule has 2 unspecified atom stereocenters. The van der Waals surface area contributed by atoms with E-state index in [4.69, 9.17) is 5.11 Å². The molecule has 112 valence electrons. The Labute approximate surface area is 121 Å². The zero-order chi connectivity index (χ0) is 15.0. The van der Waals surface area contributed by atoms with Gasteiger partial charge < -0.3 is 10.1 Å². The Hall–Kier alpha value is -1.93. The minimum Gasteiger partial charge on any atom is -0.481 e. The Kier molecular flexibility index (Phi) is 3.42. The molecule has 7 nitrogen and oxygen atoms in total. The molecule has 2 aromatic rings. The second kappa shape index (κ2) is 5.12. The lowest BCUT2D eigenvalue weighted by Crippen LogP contribution is -2.40. The highest BCUT2D eigenvalue weighted by atomic mass is 32.2.